The van der Waals surface area contributed by atoms with E-state index in [1.54, 1.807) is 0 Å². The maximum Gasteiger partial charge on any atom is 0.351 e. The molecule has 1 aromatic heterocycles. The summed E-state index contributed by atoms with van der Waals surface area (Å²) in [5, 5.41) is 31.4. The van der Waals surface area contributed by atoms with Crippen molar-refractivity contribution in [2.24, 2.45) is 0 Å². The SMILES string of the molecule is CCCCCNc1nc(=O)n([C@@H]2O[C@H](CO)[C@@H](O)[C@H]2O)cc1F. The number of hydrogen-bond donors (Lipinski definition) is 4. The number of nitrogens with one attached hydrogen (secondary N) is 1. The lowest BCUT2D eigenvalue weighted by atomic mass is 10.1. The molecule has 1 aliphatic rings. The minimum absolute atomic E-state index is 0.158. The molecule has 1 fully saturated rings. The number of hydrogen-bond acceptors (Lipinski definition) is 7. The van der Waals surface area contributed by atoms with Crippen molar-refractivity contribution in [2.75, 3.05) is 18.5 Å². The zero-order valence-corrected chi connectivity index (χ0v) is 12.9. The molecule has 0 amide bonds. The van der Waals surface area contributed by atoms with Gasteiger partial charge in [0.1, 0.15) is 18.3 Å². The number of ether oxygens (including phenoxy) is 1. The average Bonchev–Trinajstić information content (AvgIpc) is 2.82. The van der Waals surface area contributed by atoms with Gasteiger partial charge in [0.15, 0.2) is 17.9 Å². The molecule has 4 atom stereocenters. The highest BCUT2D eigenvalue weighted by molar-refractivity contribution is 5.34. The molecule has 23 heavy (non-hydrogen) atoms. The van der Waals surface area contributed by atoms with Gasteiger partial charge in [0.2, 0.25) is 0 Å². The van der Waals surface area contributed by atoms with Crippen molar-refractivity contribution >= 4 is 5.82 Å². The Morgan fingerprint density at radius 1 is 1.39 bits per heavy atom. The van der Waals surface area contributed by atoms with E-state index < -0.39 is 42.7 Å². The second-order valence-electron chi connectivity index (χ2n) is 5.49. The van der Waals surface area contributed by atoms with Crippen LogP contribution in [-0.2, 0) is 4.74 Å². The van der Waals surface area contributed by atoms with Gasteiger partial charge in [-0.3, -0.25) is 4.57 Å². The molecule has 0 radical (unpaired) electrons. The van der Waals surface area contributed by atoms with E-state index in [4.69, 9.17) is 9.84 Å². The summed E-state index contributed by atoms with van der Waals surface area (Å²) in [6, 6.07) is 0. The number of rotatable bonds is 7. The minimum atomic E-state index is -1.46. The van der Waals surface area contributed by atoms with Crippen molar-refractivity contribution in [1.29, 1.82) is 0 Å². The summed E-state index contributed by atoms with van der Waals surface area (Å²) < 4.78 is 20.0. The van der Waals surface area contributed by atoms with Crippen LogP contribution in [0.1, 0.15) is 32.4 Å². The van der Waals surface area contributed by atoms with E-state index in [9.17, 15) is 19.4 Å². The number of anilines is 1. The first-order valence-corrected chi connectivity index (χ1v) is 7.64. The van der Waals surface area contributed by atoms with Crippen molar-refractivity contribution < 1.29 is 24.4 Å². The van der Waals surface area contributed by atoms with E-state index in [2.05, 4.69) is 10.3 Å². The summed E-state index contributed by atoms with van der Waals surface area (Å²) in [4.78, 5) is 15.6. The lowest BCUT2D eigenvalue weighted by Crippen LogP contribution is -2.36. The van der Waals surface area contributed by atoms with E-state index in [0.717, 1.165) is 30.0 Å². The van der Waals surface area contributed by atoms with Crippen molar-refractivity contribution in [1.82, 2.24) is 9.55 Å². The van der Waals surface area contributed by atoms with Crippen molar-refractivity contribution in [3.8, 4) is 0 Å². The van der Waals surface area contributed by atoms with E-state index in [1.165, 1.54) is 0 Å². The highest BCUT2D eigenvalue weighted by Gasteiger charge is 2.44. The van der Waals surface area contributed by atoms with Gasteiger partial charge in [0.05, 0.1) is 12.8 Å². The predicted molar refractivity (Wildman–Crippen MR) is 79.5 cm³/mol. The van der Waals surface area contributed by atoms with Crippen LogP contribution in [0.2, 0.25) is 0 Å². The van der Waals surface area contributed by atoms with E-state index >= 15 is 0 Å². The minimum Gasteiger partial charge on any atom is -0.394 e. The molecule has 0 aliphatic carbocycles. The van der Waals surface area contributed by atoms with E-state index in [-0.39, 0.29) is 5.82 Å². The summed E-state index contributed by atoms with van der Waals surface area (Å²) in [5.41, 5.74) is -0.820. The molecule has 1 aromatic rings. The summed E-state index contributed by atoms with van der Waals surface area (Å²) >= 11 is 0. The second kappa shape index (κ2) is 7.82. The number of unbranched alkanes of at least 4 members (excludes halogenated alkanes) is 2. The van der Waals surface area contributed by atoms with Gasteiger partial charge in [-0.15, -0.1) is 0 Å². The number of nitrogens with zero attached hydrogens (tertiary/aromatic N) is 2. The Morgan fingerprint density at radius 3 is 2.74 bits per heavy atom. The normalized spacial score (nSPS) is 27.3. The van der Waals surface area contributed by atoms with E-state index in [0.29, 0.717) is 6.54 Å². The van der Waals surface area contributed by atoms with Crippen molar-refractivity contribution in [3.63, 3.8) is 0 Å². The summed E-state index contributed by atoms with van der Waals surface area (Å²) in [5.74, 6) is -0.923. The molecule has 8 nitrogen and oxygen atoms in total. The molecule has 9 heteroatoms. The van der Waals surface area contributed by atoms with E-state index in [1.807, 2.05) is 6.92 Å². The Labute approximate surface area is 132 Å². The molecule has 0 aromatic carbocycles. The molecule has 1 aliphatic heterocycles. The van der Waals surface area contributed by atoms with Crippen molar-refractivity contribution in [2.45, 2.75) is 50.7 Å². The fraction of sp³-hybridized carbons (Fsp3) is 0.714. The first-order valence-electron chi connectivity index (χ1n) is 7.64. The molecular formula is C14H22FN3O5. The van der Waals surface area contributed by atoms with Gasteiger partial charge in [-0.1, -0.05) is 19.8 Å². The molecule has 2 rings (SSSR count). The van der Waals surface area contributed by atoms with Gasteiger partial charge in [-0.2, -0.15) is 4.98 Å². The predicted octanol–water partition coefficient (Wildman–Crippen LogP) is -0.404. The zero-order chi connectivity index (χ0) is 17.0. The monoisotopic (exact) mass is 331 g/mol. The smallest absolute Gasteiger partial charge is 0.351 e. The number of halogens is 1. The fourth-order valence-corrected chi connectivity index (χ4v) is 2.44. The van der Waals surface area contributed by atoms with Gasteiger partial charge in [-0.05, 0) is 6.42 Å². The zero-order valence-electron chi connectivity index (χ0n) is 12.9. The molecule has 0 unspecified atom stereocenters. The fourth-order valence-electron chi connectivity index (χ4n) is 2.44. The van der Waals surface area contributed by atoms with Crippen LogP contribution in [0.4, 0.5) is 10.2 Å². The molecule has 2 heterocycles. The Morgan fingerprint density at radius 2 is 2.13 bits per heavy atom. The van der Waals surface area contributed by atoms with Crippen LogP contribution < -0.4 is 11.0 Å². The topological polar surface area (TPSA) is 117 Å². The highest BCUT2D eigenvalue weighted by atomic mass is 19.1. The van der Waals surface area contributed by atoms with Crippen LogP contribution in [-0.4, -0.2) is 56.3 Å². The highest BCUT2D eigenvalue weighted by Crippen LogP contribution is 2.28. The third-order valence-corrected chi connectivity index (χ3v) is 3.77. The van der Waals surface area contributed by atoms with Crippen LogP contribution in [0.25, 0.3) is 0 Å². The van der Waals surface area contributed by atoms with Gasteiger partial charge in [0, 0.05) is 6.54 Å². The van der Waals surface area contributed by atoms with Crippen LogP contribution >= 0.6 is 0 Å². The molecule has 0 bridgehead atoms. The molecule has 1 saturated heterocycles. The van der Waals surface area contributed by atoms with Crippen molar-refractivity contribution in [3.05, 3.63) is 22.5 Å². The largest absolute Gasteiger partial charge is 0.394 e. The first kappa shape index (κ1) is 17.8. The third kappa shape index (κ3) is 3.86. The first-order chi connectivity index (χ1) is 11.0. The summed E-state index contributed by atoms with van der Waals surface area (Å²) in [6.45, 7) is 2.01. The summed E-state index contributed by atoms with van der Waals surface area (Å²) in [7, 11) is 0. The lowest BCUT2D eigenvalue weighted by Gasteiger charge is -2.18. The van der Waals surface area contributed by atoms with Gasteiger partial charge in [0.25, 0.3) is 0 Å². The van der Waals surface area contributed by atoms with Gasteiger partial charge >= 0.3 is 5.69 Å². The lowest BCUT2D eigenvalue weighted by molar-refractivity contribution is -0.0553. The maximum atomic E-state index is 14.1. The van der Waals surface area contributed by atoms with Crippen LogP contribution in [0.3, 0.4) is 0 Å². The third-order valence-electron chi connectivity index (χ3n) is 3.77. The maximum absolute atomic E-state index is 14.1. The average molecular weight is 331 g/mol. The molecule has 130 valence electrons. The molecule has 0 spiro atoms. The van der Waals surface area contributed by atoms with Crippen LogP contribution in [0.5, 0.6) is 0 Å². The standard InChI is InChI=1S/C14H22FN3O5/c1-2-3-4-5-16-12-8(15)6-18(14(22)17-12)13-11(21)10(20)9(7-19)23-13/h6,9-11,13,19-21H,2-5,7H2,1H3,(H,16,17,22)/t9-,10-,11-,13-/m1/s1. The second-order valence-corrected chi connectivity index (χ2v) is 5.49. The number of aliphatic hydroxyl groups excluding tert-OH is 3. The Bertz CT molecular complexity index is 582. The number of aromatic nitrogens is 2. The number of aliphatic hydroxyl groups is 3. The van der Waals surface area contributed by atoms with Crippen LogP contribution in [0.15, 0.2) is 11.0 Å². The quantitative estimate of drug-likeness (QED) is 0.502. The van der Waals surface area contributed by atoms with Gasteiger partial charge in [-0.25, -0.2) is 9.18 Å². The molecular weight excluding hydrogens is 309 g/mol. The summed E-state index contributed by atoms with van der Waals surface area (Å²) in [6.07, 6.45) is -1.48. The molecule has 4 N–H and O–H groups in total. The molecule has 0 saturated carbocycles. The Balaban J connectivity index is 2.15. The Kier molecular flexibility index (Phi) is 6.05. The van der Waals surface area contributed by atoms with Crippen LogP contribution in [0, 0.1) is 5.82 Å². The Hall–Kier alpha value is -1.55. The van der Waals surface area contributed by atoms with Gasteiger partial charge < -0.3 is 25.4 Å².